The molecule has 0 heterocycles. The van der Waals surface area contributed by atoms with Crippen molar-refractivity contribution in [2.75, 3.05) is 19.5 Å². The number of anilines is 1. The van der Waals surface area contributed by atoms with Gasteiger partial charge < -0.3 is 15.4 Å². The standard InChI is InChI=1S/C16H19N3O4S/c1-17-16(20)19-13-7-9-14(10-8-13)24(21,22)18-11-12-5-3-4-6-15(12)23-2/h3-10,18H,11H2,1-2H3,(H2,17,19,20). The lowest BCUT2D eigenvalue weighted by atomic mass is 10.2. The topological polar surface area (TPSA) is 96.5 Å². The van der Waals surface area contributed by atoms with E-state index in [-0.39, 0.29) is 17.5 Å². The van der Waals surface area contributed by atoms with E-state index in [0.29, 0.717) is 11.4 Å². The van der Waals surface area contributed by atoms with Gasteiger partial charge in [-0.3, -0.25) is 0 Å². The zero-order valence-corrected chi connectivity index (χ0v) is 14.2. The van der Waals surface area contributed by atoms with Crippen LogP contribution in [-0.2, 0) is 16.6 Å². The van der Waals surface area contributed by atoms with Crippen LogP contribution in [0.3, 0.4) is 0 Å². The van der Waals surface area contributed by atoms with E-state index in [0.717, 1.165) is 5.56 Å². The second kappa shape index (κ2) is 7.80. The maximum Gasteiger partial charge on any atom is 0.318 e. The zero-order chi connectivity index (χ0) is 17.6. The highest BCUT2D eigenvalue weighted by Gasteiger charge is 2.15. The fraction of sp³-hybridized carbons (Fsp3) is 0.188. The number of nitrogens with one attached hydrogen (secondary N) is 3. The van der Waals surface area contributed by atoms with Crippen LogP contribution >= 0.6 is 0 Å². The SMILES string of the molecule is CNC(=O)Nc1ccc(S(=O)(=O)NCc2ccccc2OC)cc1. The highest BCUT2D eigenvalue weighted by atomic mass is 32.2. The normalized spacial score (nSPS) is 10.9. The number of sulfonamides is 1. The minimum Gasteiger partial charge on any atom is -0.496 e. The van der Waals surface area contributed by atoms with Gasteiger partial charge in [-0.15, -0.1) is 0 Å². The van der Waals surface area contributed by atoms with Gasteiger partial charge in [0.25, 0.3) is 0 Å². The van der Waals surface area contributed by atoms with Gasteiger partial charge in [-0.2, -0.15) is 0 Å². The molecule has 2 aromatic carbocycles. The summed E-state index contributed by atoms with van der Waals surface area (Å²) in [4.78, 5) is 11.3. The fourth-order valence-corrected chi connectivity index (χ4v) is 3.02. The van der Waals surface area contributed by atoms with Crippen LogP contribution in [0.25, 0.3) is 0 Å². The molecule has 0 radical (unpaired) electrons. The number of carbonyl (C=O) groups excluding carboxylic acids is 1. The summed E-state index contributed by atoms with van der Waals surface area (Å²) in [6, 6.07) is 12.7. The summed E-state index contributed by atoms with van der Waals surface area (Å²) in [5.74, 6) is 0.616. The minimum absolute atomic E-state index is 0.111. The molecule has 0 bridgehead atoms. The van der Waals surface area contributed by atoms with Gasteiger partial charge in [0.1, 0.15) is 5.75 Å². The van der Waals surface area contributed by atoms with Gasteiger partial charge in [-0.25, -0.2) is 17.9 Å². The summed E-state index contributed by atoms with van der Waals surface area (Å²) in [5, 5.41) is 4.98. The third-order valence-electron chi connectivity index (χ3n) is 3.29. The van der Waals surface area contributed by atoms with E-state index in [2.05, 4.69) is 15.4 Å². The van der Waals surface area contributed by atoms with Gasteiger partial charge in [-0.1, -0.05) is 18.2 Å². The van der Waals surface area contributed by atoms with Crippen LogP contribution in [-0.4, -0.2) is 28.6 Å². The van der Waals surface area contributed by atoms with Crippen LogP contribution in [0.5, 0.6) is 5.75 Å². The minimum atomic E-state index is -3.67. The average Bonchev–Trinajstić information content (AvgIpc) is 2.60. The zero-order valence-electron chi connectivity index (χ0n) is 13.4. The molecule has 0 saturated heterocycles. The molecule has 0 aromatic heterocycles. The number of benzene rings is 2. The van der Waals surface area contributed by atoms with E-state index in [1.807, 2.05) is 12.1 Å². The Morgan fingerprint density at radius 3 is 2.38 bits per heavy atom. The Kier molecular flexibility index (Phi) is 5.78. The van der Waals surface area contributed by atoms with Crippen LogP contribution in [0, 0.1) is 0 Å². The Labute approximate surface area is 141 Å². The lowest BCUT2D eigenvalue weighted by Gasteiger charge is -2.11. The fourth-order valence-electron chi connectivity index (χ4n) is 2.02. The van der Waals surface area contributed by atoms with E-state index >= 15 is 0 Å². The van der Waals surface area contributed by atoms with Crippen LogP contribution in [0.1, 0.15) is 5.56 Å². The van der Waals surface area contributed by atoms with E-state index < -0.39 is 10.0 Å². The Balaban J connectivity index is 2.08. The summed E-state index contributed by atoms with van der Waals surface area (Å²) < 4.78 is 32.4. The molecule has 8 heteroatoms. The molecule has 0 fully saturated rings. The molecule has 0 unspecified atom stereocenters. The molecule has 128 valence electrons. The number of hydrogen-bond acceptors (Lipinski definition) is 4. The largest absolute Gasteiger partial charge is 0.496 e. The quantitative estimate of drug-likeness (QED) is 0.742. The lowest BCUT2D eigenvalue weighted by molar-refractivity contribution is 0.254. The molecule has 24 heavy (non-hydrogen) atoms. The first-order valence-corrected chi connectivity index (χ1v) is 8.65. The number of hydrogen-bond donors (Lipinski definition) is 3. The molecule has 0 saturated carbocycles. The number of rotatable bonds is 6. The van der Waals surface area contributed by atoms with Crippen molar-refractivity contribution in [3.63, 3.8) is 0 Å². The molecule has 0 aliphatic rings. The number of methoxy groups -OCH3 is 1. The number of amides is 2. The molecule has 3 N–H and O–H groups in total. The maximum atomic E-state index is 12.3. The predicted molar refractivity (Wildman–Crippen MR) is 91.5 cm³/mol. The van der Waals surface area contributed by atoms with Crippen LogP contribution in [0.2, 0.25) is 0 Å². The smallest absolute Gasteiger partial charge is 0.318 e. The average molecular weight is 349 g/mol. The Morgan fingerprint density at radius 1 is 1.08 bits per heavy atom. The van der Waals surface area contributed by atoms with E-state index in [4.69, 9.17) is 4.74 Å². The van der Waals surface area contributed by atoms with Gasteiger partial charge in [0.05, 0.1) is 12.0 Å². The molecule has 2 amide bonds. The molecular weight excluding hydrogens is 330 g/mol. The predicted octanol–water partition coefficient (Wildman–Crippen LogP) is 1.92. The van der Waals surface area contributed by atoms with E-state index in [1.54, 1.807) is 12.1 Å². The van der Waals surface area contributed by atoms with Crippen LogP contribution in [0.4, 0.5) is 10.5 Å². The van der Waals surface area contributed by atoms with Gasteiger partial charge >= 0.3 is 6.03 Å². The number of para-hydroxylation sites is 1. The van der Waals surface area contributed by atoms with Gasteiger partial charge in [0.2, 0.25) is 10.0 Å². The van der Waals surface area contributed by atoms with Crippen LogP contribution < -0.4 is 20.1 Å². The van der Waals surface area contributed by atoms with Crippen molar-refractivity contribution in [1.82, 2.24) is 10.0 Å². The van der Waals surface area contributed by atoms with Crippen LogP contribution in [0.15, 0.2) is 53.4 Å². The van der Waals surface area contributed by atoms with Crippen molar-refractivity contribution in [3.8, 4) is 5.75 Å². The number of carbonyl (C=O) groups is 1. The molecule has 0 aliphatic heterocycles. The molecule has 0 spiro atoms. The van der Waals surface area contributed by atoms with E-state index in [9.17, 15) is 13.2 Å². The highest BCUT2D eigenvalue weighted by Crippen LogP contribution is 2.19. The molecule has 2 aromatic rings. The van der Waals surface area contributed by atoms with E-state index in [1.165, 1.54) is 38.4 Å². The van der Waals surface area contributed by atoms with Crippen molar-refractivity contribution < 1.29 is 17.9 Å². The summed E-state index contributed by atoms with van der Waals surface area (Å²) in [6.07, 6.45) is 0. The third kappa shape index (κ3) is 4.46. The van der Waals surface area contributed by atoms with Crippen molar-refractivity contribution >= 4 is 21.7 Å². The number of urea groups is 1. The summed E-state index contributed by atoms with van der Waals surface area (Å²) in [7, 11) is -0.639. The first-order valence-electron chi connectivity index (χ1n) is 7.16. The first kappa shape index (κ1) is 17.8. The maximum absolute atomic E-state index is 12.3. The van der Waals surface area contributed by atoms with Crippen molar-refractivity contribution in [1.29, 1.82) is 0 Å². The molecule has 2 rings (SSSR count). The van der Waals surface area contributed by atoms with Gasteiger partial charge in [0, 0.05) is 24.8 Å². The highest BCUT2D eigenvalue weighted by molar-refractivity contribution is 7.89. The first-order chi connectivity index (χ1) is 11.5. The van der Waals surface area contributed by atoms with Crippen molar-refractivity contribution in [2.45, 2.75) is 11.4 Å². The molecule has 0 aliphatic carbocycles. The monoisotopic (exact) mass is 349 g/mol. The molecule has 0 atom stereocenters. The molecule has 7 nitrogen and oxygen atoms in total. The summed E-state index contributed by atoms with van der Waals surface area (Å²) in [5.41, 5.74) is 1.24. The lowest BCUT2D eigenvalue weighted by Crippen LogP contribution is -2.25. The Hall–Kier alpha value is -2.58. The summed E-state index contributed by atoms with van der Waals surface area (Å²) in [6.45, 7) is 0.116. The Morgan fingerprint density at radius 2 is 1.75 bits per heavy atom. The van der Waals surface area contributed by atoms with Gasteiger partial charge in [-0.05, 0) is 30.3 Å². The third-order valence-corrected chi connectivity index (χ3v) is 4.71. The second-order valence-electron chi connectivity index (χ2n) is 4.86. The van der Waals surface area contributed by atoms with Crippen molar-refractivity contribution in [2.24, 2.45) is 0 Å². The molecular formula is C16H19N3O4S. The number of ether oxygens (including phenoxy) is 1. The van der Waals surface area contributed by atoms with Gasteiger partial charge in [0.15, 0.2) is 0 Å². The second-order valence-corrected chi connectivity index (χ2v) is 6.63. The van der Waals surface area contributed by atoms with Crippen molar-refractivity contribution in [3.05, 3.63) is 54.1 Å². The summed E-state index contributed by atoms with van der Waals surface area (Å²) >= 11 is 0. The Bertz CT molecular complexity index is 804.